The van der Waals surface area contributed by atoms with Crippen molar-refractivity contribution >= 4 is 22.7 Å². The minimum Gasteiger partial charge on any atom is -0.493 e. The van der Waals surface area contributed by atoms with Crippen LogP contribution in [0.1, 0.15) is 85.5 Å². The molecule has 2 aliphatic carbocycles. The molecule has 1 fully saturated rings. The number of methoxy groups -OCH3 is 2. The van der Waals surface area contributed by atoms with Gasteiger partial charge in [-0.2, -0.15) is 0 Å². The van der Waals surface area contributed by atoms with Crippen LogP contribution in [0.5, 0.6) is 11.5 Å². The molecule has 1 aliphatic heterocycles. The number of hydrogen-bond donors (Lipinski definition) is 1. The topological polar surface area (TPSA) is 84.5 Å². The van der Waals surface area contributed by atoms with Crippen LogP contribution in [-0.2, 0) is 0 Å². The van der Waals surface area contributed by atoms with Gasteiger partial charge >= 0.3 is 0 Å². The maximum Gasteiger partial charge on any atom is 0.288 e. The van der Waals surface area contributed by atoms with E-state index in [2.05, 4.69) is 14.9 Å². The zero-order valence-electron chi connectivity index (χ0n) is 19.7. The Morgan fingerprint density at radius 1 is 1.06 bits per heavy atom. The van der Waals surface area contributed by atoms with E-state index in [1.807, 2.05) is 18.2 Å². The summed E-state index contributed by atoms with van der Waals surface area (Å²) in [5.74, 6) is 1.48. The van der Waals surface area contributed by atoms with Crippen molar-refractivity contribution < 1.29 is 14.3 Å². The Bertz CT molecular complexity index is 1200. The molecule has 180 valence electrons. The number of fused-ring (bicyclic) bond motifs is 1. The second kappa shape index (κ2) is 9.45. The van der Waals surface area contributed by atoms with Crippen molar-refractivity contribution in [3.8, 4) is 11.5 Å². The number of allylic oxidation sites excluding steroid dienone is 2. The van der Waals surface area contributed by atoms with Gasteiger partial charge in [-0.15, -0.1) is 0 Å². The zero-order chi connectivity index (χ0) is 23.8. The van der Waals surface area contributed by atoms with Gasteiger partial charge in [-0.25, -0.2) is 4.98 Å². The third kappa shape index (κ3) is 3.90. The second-order valence-corrected chi connectivity index (χ2v) is 9.66. The van der Waals surface area contributed by atoms with Crippen molar-refractivity contribution in [3.05, 3.63) is 56.8 Å². The molecule has 2 heterocycles. The first-order valence-electron chi connectivity index (χ1n) is 12.1. The van der Waals surface area contributed by atoms with Gasteiger partial charge in [0.25, 0.3) is 10.8 Å². The van der Waals surface area contributed by atoms with E-state index in [1.54, 1.807) is 14.2 Å². The molecule has 1 unspecified atom stereocenters. The fourth-order valence-electron chi connectivity index (χ4n) is 5.94. The number of rotatable bonds is 5. The third-order valence-electron chi connectivity index (χ3n) is 7.44. The highest BCUT2D eigenvalue weighted by molar-refractivity contribution is 6.67. The van der Waals surface area contributed by atoms with E-state index < -0.39 is 5.24 Å². The number of halogens is 1. The highest BCUT2D eigenvalue weighted by atomic mass is 35.5. The first-order chi connectivity index (χ1) is 16.5. The van der Waals surface area contributed by atoms with Gasteiger partial charge in [0.1, 0.15) is 5.82 Å². The summed E-state index contributed by atoms with van der Waals surface area (Å²) in [4.78, 5) is 35.2. The van der Waals surface area contributed by atoms with Crippen LogP contribution in [0.3, 0.4) is 0 Å². The highest BCUT2D eigenvalue weighted by Gasteiger charge is 2.41. The summed E-state index contributed by atoms with van der Waals surface area (Å²) in [6, 6.07) is 6.09. The smallest absolute Gasteiger partial charge is 0.288 e. The molecule has 34 heavy (non-hydrogen) atoms. The fourth-order valence-corrected chi connectivity index (χ4v) is 6.03. The molecule has 1 atom stereocenters. The number of aromatic nitrogens is 2. The standard InChI is InChI=1S/C26H30ClN3O4/c1-33-19-13-12-15(14-20(19)34-2)21-17-10-6-7-11-18(17)30(16-8-4-3-5-9-16)25-22(21)26(32)29-24(28-25)23(27)31/h12-14,16,21H,3-11H2,1-2H3,(H,28,29,32). The molecule has 1 N–H and O–H groups in total. The van der Waals surface area contributed by atoms with Crippen LogP contribution in [0.25, 0.3) is 0 Å². The lowest BCUT2D eigenvalue weighted by Crippen LogP contribution is -2.44. The molecule has 8 heteroatoms. The summed E-state index contributed by atoms with van der Waals surface area (Å²) >= 11 is 5.78. The largest absolute Gasteiger partial charge is 0.493 e. The summed E-state index contributed by atoms with van der Waals surface area (Å²) in [6.07, 6.45) is 9.68. The van der Waals surface area contributed by atoms with Gasteiger partial charge < -0.3 is 19.4 Å². The van der Waals surface area contributed by atoms with Crippen LogP contribution in [0.2, 0.25) is 0 Å². The van der Waals surface area contributed by atoms with E-state index in [9.17, 15) is 9.59 Å². The molecule has 2 aromatic rings. The summed E-state index contributed by atoms with van der Waals surface area (Å²) in [5, 5.41) is -0.755. The molecule has 0 bridgehead atoms. The average Bonchev–Trinajstić information content (AvgIpc) is 2.87. The third-order valence-corrected chi connectivity index (χ3v) is 7.62. The minimum atomic E-state index is -0.755. The van der Waals surface area contributed by atoms with E-state index in [1.165, 1.54) is 17.7 Å². The van der Waals surface area contributed by atoms with Gasteiger partial charge in [-0.1, -0.05) is 25.3 Å². The number of carbonyl (C=O) groups excluding carboxylic acids is 1. The normalized spacial score (nSPS) is 20.6. The number of aromatic amines is 1. The Labute approximate surface area is 204 Å². The molecule has 1 saturated carbocycles. The average molecular weight is 484 g/mol. The van der Waals surface area contributed by atoms with E-state index in [0.717, 1.165) is 56.9 Å². The Morgan fingerprint density at radius 2 is 1.79 bits per heavy atom. The highest BCUT2D eigenvalue weighted by Crippen LogP contribution is 2.50. The number of carbonyl (C=O) groups is 1. The monoisotopic (exact) mass is 483 g/mol. The van der Waals surface area contributed by atoms with Crippen LogP contribution in [0, 0.1) is 0 Å². The lowest BCUT2D eigenvalue weighted by molar-refractivity contribution is 0.107. The number of ether oxygens (including phenoxy) is 2. The predicted octanol–water partition coefficient (Wildman–Crippen LogP) is 5.28. The van der Waals surface area contributed by atoms with Crippen LogP contribution in [0.4, 0.5) is 5.82 Å². The number of nitrogens with zero attached hydrogens (tertiary/aromatic N) is 2. The lowest BCUT2D eigenvalue weighted by Gasteiger charge is -2.45. The SMILES string of the molecule is COc1ccc(C2C3=C(CCCC3)N(C3CCCCC3)c3nc(C(=O)Cl)[nH]c(=O)c32)cc1OC. The Hall–Kier alpha value is -2.80. The van der Waals surface area contributed by atoms with Gasteiger partial charge in [0, 0.05) is 17.7 Å². The quantitative estimate of drug-likeness (QED) is 0.582. The molecule has 7 nitrogen and oxygen atoms in total. The van der Waals surface area contributed by atoms with Gasteiger partial charge in [-0.05, 0) is 73.4 Å². The van der Waals surface area contributed by atoms with E-state index in [-0.39, 0.29) is 23.3 Å². The first kappa shape index (κ1) is 23.0. The van der Waals surface area contributed by atoms with E-state index >= 15 is 0 Å². The van der Waals surface area contributed by atoms with E-state index in [0.29, 0.717) is 22.9 Å². The minimum absolute atomic E-state index is 0.0999. The van der Waals surface area contributed by atoms with Gasteiger partial charge in [0.15, 0.2) is 17.3 Å². The molecule has 1 aromatic heterocycles. The van der Waals surface area contributed by atoms with Crippen molar-refractivity contribution in [2.45, 2.75) is 69.7 Å². The molecule has 0 radical (unpaired) electrons. The number of hydrogen-bond acceptors (Lipinski definition) is 6. The molecule has 1 aromatic carbocycles. The summed E-state index contributed by atoms with van der Waals surface area (Å²) < 4.78 is 11.0. The molecule has 0 amide bonds. The molecular weight excluding hydrogens is 454 g/mol. The Kier molecular flexibility index (Phi) is 6.38. The Balaban J connectivity index is 1.76. The molecular formula is C26H30ClN3O4. The van der Waals surface area contributed by atoms with Gasteiger partial charge in [0.05, 0.1) is 19.8 Å². The number of nitrogens with one attached hydrogen (secondary N) is 1. The lowest BCUT2D eigenvalue weighted by atomic mass is 9.75. The van der Waals surface area contributed by atoms with Crippen molar-refractivity contribution in [2.75, 3.05) is 19.1 Å². The number of H-pyrrole nitrogens is 1. The molecule has 0 saturated heterocycles. The van der Waals surface area contributed by atoms with Crippen molar-refractivity contribution in [1.82, 2.24) is 9.97 Å². The predicted molar refractivity (Wildman–Crippen MR) is 131 cm³/mol. The van der Waals surface area contributed by atoms with E-state index in [4.69, 9.17) is 21.1 Å². The maximum absolute atomic E-state index is 13.5. The summed E-state index contributed by atoms with van der Waals surface area (Å²) in [6.45, 7) is 0. The van der Waals surface area contributed by atoms with Crippen LogP contribution in [-0.4, -0.2) is 35.5 Å². The number of benzene rings is 1. The van der Waals surface area contributed by atoms with Crippen LogP contribution >= 0.6 is 11.6 Å². The van der Waals surface area contributed by atoms with Crippen molar-refractivity contribution in [1.29, 1.82) is 0 Å². The molecule has 0 spiro atoms. The maximum atomic E-state index is 13.5. The van der Waals surface area contributed by atoms with Gasteiger partial charge in [-0.3, -0.25) is 9.59 Å². The van der Waals surface area contributed by atoms with Crippen LogP contribution < -0.4 is 19.9 Å². The van der Waals surface area contributed by atoms with Gasteiger partial charge in [0.2, 0.25) is 0 Å². The summed E-state index contributed by atoms with van der Waals surface area (Å²) in [7, 11) is 3.22. The summed E-state index contributed by atoms with van der Waals surface area (Å²) in [5.41, 5.74) is 3.76. The molecule has 5 rings (SSSR count). The van der Waals surface area contributed by atoms with Crippen molar-refractivity contribution in [3.63, 3.8) is 0 Å². The second-order valence-electron chi connectivity index (χ2n) is 9.31. The first-order valence-corrected chi connectivity index (χ1v) is 12.5. The van der Waals surface area contributed by atoms with Crippen molar-refractivity contribution in [2.24, 2.45) is 0 Å². The number of anilines is 1. The fraction of sp³-hybridized carbons (Fsp3) is 0.500. The Morgan fingerprint density at radius 3 is 2.50 bits per heavy atom. The molecule has 3 aliphatic rings. The van der Waals surface area contributed by atoms with Crippen LogP contribution in [0.15, 0.2) is 34.3 Å². The zero-order valence-corrected chi connectivity index (χ0v) is 20.4.